The Labute approximate surface area is 138 Å². The van der Waals surface area contributed by atoms with Gasteiger partial charge in [0.05, 0.1) is 5.56 Å². The van der Waals surface area contributed by atoms with Crippen LogP contribution in [0.1, 0.15) is 15.9 Å². The summed E-state index contributed by atoms with van der Waals surface area (Å²) in [5.41, 5.74) is 1.42. The monoisotopic (exact) mass is 322 g/mol. The average molecular weight is 322 g/mol. The SMILES string of the molecule is O=C(NCc1ccc(Oc2ccccc2F)cc1)c1cccnc1. The number of amides is 1. The number of aromatic nitrogens is 1. The molecule has 1 amide bonds. The number of nitrogens with zero attached hydrogens (tertiary/aromatic N) is 1. The highest BCUT2D eigenvalue weighted by molar-refractivity contribution is 5.93. The molecule has 1 aromatic heterocycles. The number of halogens is 1. The van der Waals surface area contributed by atoms with Crippen LogP contribution in [0.15, 0.2) is 73.1 Å². The van der Waals surface area contributed by atoms with Crippen molar-refractivity contribution in [3.05, 3.63) is 90.0 Å². The molecule has 0 saturated carbocycles. The number of carbonyl (C=O) groups excluding carboxylic acids is 1. The number of ether oxygens (including phenoxy) is 1. The van der Waals surface area contributed by atoms with Gasteiger partial charge in [-0.25, -0.2) is 4.39 Å². The van der Waals surface area contributed by atoms with Gasteiger partial charge in [0.25, 0.3) is 5.91 Å². The first kappa shape index (κ1) is 15.7. The van der Waals surface area contributed by atoms with E-state index in [0.29, 0.717) is 17.9 Å². The largest absolute Gasteiger partial charge is 0.454 e. The van der Waals surface area contributed by atoms with Gasteiger partial charge in [-0.1, -0.05) is 24.3 Å². The average Bonchev–Trinajstić information content (AvgIpc) is 2.63. The van der Waals surface area contributed by atoms with Gasteiger partial charge in [-0.05, 0) is 42.0 Å². The summed E-state index contributed by atoms with van der Waals surface area (Å²) < 4.78 is 19.0. The number of nitrogens with one attached hydrogen (secondary N) is 1. The van der Waals surface area contributed by atoms with E-state index in [9.17, 15) is 9.18 Å². The van der Waals surface area contributed by atoms with E-state index in [0.717, 1.165) is 5.56 Å². The minimum Gasteiger partial charge on any atom is -0.454 e. The van der Waals surface area contributed by atoms with Crippen molar-refractivity contribution in [3.8, 4) is 11.5 Å². The molecule has 0 aliphatic rings. The molecule has 1 heterocycles. The van der Waals surface area contributed by atoms with Gasteiger partial charge in [0.15, 0.2) is 11.6 Å². The minimum atomic E-state index is -0.412. The second kappa shape index (κ2) is 7.37. The van der Waals surface area contributed by atoms with Gasteiger partial charge < -0.3 is 10.1 Å². The van der Waals surface area contributed by atoms with Gasteiger partial charge in [0, 0.05) is 18.9 Å². The van der Waals surface area contributed by atoms with E-state index in [2.05, 4.69) is 10.3 Å². The zero-order valence-electron chi connectivity index (χ0n) is 12.8. The van der Waals surface area contributed by atoms with Crippen molar-refractivity contribution in [2.75, 3.05) is 0 Å². The van der Waals surface area contributed by atoms with Gasteiger partial charge >= 0.3 is 0 Å². The van der Waals surface area contributed by atoms with Crippen LogP contribution >= 0.6 is 0 Å². The molecule has 0 aliphatic carbocycles. The van der Waals surface area contributed by atoms with E-state index in [1.165, 1.54) is 12.3 Å². The summed E-state index contributed by atoms with van der Waals surface area (Å²) >= 11 is 0. The first-order valence-corrected chi connectivity index (χ1v) is 7.42. The molecular weight excluding hydrogens is 307 g/mol. The lowest BCUT2D eigenvalue weighted by Gasteiger charge is -2.08. The van der Waals surface area contributed by atoms with Gasteiger partial charge in [-0.3, -0.25) is 9.78 Å². The van der Waals surface area contributed by atoms with Crippen LogP contribution in [0.2, 0.25) is 0 Å². The fourth-order valence-corrected chi connectivity index (χ4v) is 2.11. The molecule has 0 fully saturated rings. The molecule has 0 spiro atoms. The molecule has 24 heavy (non-hydrogen) atoms. The normalized spacial score (nSPS) is 10.2. The highest BCUT2D eigenvalue weighted by atomic mass is 19.1. The molecule has 0 bridgehead atoms. The van der Waals surface area contributed by atoms with Crippen LogP contribution in [0.25, 0.3) is 0 Å². The second-order valence-electron chi connectivity index (χ2n) is 5.10. The predicted octanol–water partition coefficient (Wildman–Crippen LogP) is 3.94. The summed E-state index contributed by atoms with van der Waals surface area (Å²) in [5, 5.41) is 2.81. The summed E-state index contributed by atoms with van der Waals surface area (Å²) in [6.45, 7) is 0.383. The Morgan fingerprint density at radius 1 is 1.04 bits per heavy atom. The van der Waals surface area contributed by atoms with E-state index < -0.39 is 5.82 Å². The van der Waals surface area contributed by atoms with E-state index in [4.69, 9.17) is 4.74 Å². The van der Waals surface area contributed by atoms with Crippen LogP contribution in [0.4, 0.5) is 4.39 Å². The van der Waals surface area contributed by atoms with E-state index >= 15 is 0 Å². The second-order valence-corrected chi connectivity index (χ2v) is 5.10. The Morgan fingerprint density at radius 2 is 1.83 bits per heavy atom. The standard InChI is InChI=1S/C19H15FN2O2/c20-17-5-1-2-6-18(17)24-16-9-7-14(8-10-16)12-22-19(23)15-4-3-11-21-13-15/h1-11,13H,12H2,(H,22,23). The summed E-state index contributed by atoms with van der Waals surface area (Å²) in [6.07, 6.45) is 3.13. The Morgan fingerprint density at radius 3 is 2.54 bits per heavy atom. The molecule has 1 N–H and O–H groups in total. The Hall–Kier alpha value is -3.21. The summed E-state index contributed by atoms with van der Waals surface area (Å²) in [6, 6.07) is 16.7. The number of benzene rings is 2. The molecule has 0 atom stereocenters. The predicted molar refractivity (Wildman–Crippen MR) is 88.3 cm³/mol. The van der Waals surface area contributed by atoms with Crippen LogP contribution in [0, 0.1) is 5.82 Å². The lowest BCUT2D eigenvalue weighted by atomic mass is 10.2. The molecule has 0 unspecified atom stereocenters. The number of hydrogen-bond donors (Lipinski definition) is 1. The Bertz CT molecular complexity index is 820. The van der Waals surface area contributed by atoms with Crippen molar-refractivity contribution in [1.29, 1.82) is 0 Å². The molecule has 0 radical (unpaired) electrons. The van der Waals surface area contributed by atoms with Gasteiger partial charge in [0.1, 0.15) is 5.75 Å². The quantitative estimate of drug-likeness (QED) is 0.774. The topological polar surface area (TPSA) is 51.2 Å². The zero-order chi connectivity index (χ0) is 16.8. The van der Waals surface area contributed by atoms with E-state index in [1.54, 1.807) is 48.7 Å². The highest BCUT2D eigenvalue weighted by Gasteiger charge is 2.06. The van der Waals surface area contributed by atoms with Crippen LogP contribution in [0.3, 0.4) is 0 Å². The van der Waals surface area contributed by atoms with E-state index in [1.807, 2.05) is 12.1 Å². The van der Waals surface area contributed by atoms with Gasteiger partial charge in [0.2, 0.25) is 0 Å². The third-order valence-electron chi connectivity index (χ3n) is 3.36. The number of rotatable bonds is 5. The summed E-state index contributed by atoms with van der Waals surface area (Å²) in [7, 11) is 0. The number of para-hydroxylation sites is 1. The number of carbonyl (C=O) groups is 1. The molecule has 3 rings (SSSR count). The van der Waals surface area contributed by atoms with Crippen molar-refractivity contribution >= 4 is 5.91 Å². The molecule has 4 nitrogen and oxygen atoms in total. The fourth-order valence-electron chi connectivity index (χ4n) is 2.11. The molecule has 2 aromatic carbocycles. The molecule has 3 aromatic rings. The molecule has 120 valence electrons. The first-order chi connectivity index (χ1) is 11.7. The first-order valence-electron chi connectivity index (χ1n) is 7.42. The van der Waals surface area contributed by atoms with Crippen LogP contribution in [-0.2, 0) is 6.54 Å². The lowest BCUT2D eigenvalue weighted by molar-refractivity contribution is 0.0950. The number of hydrogen-bond acceptors (Lipinski definition) is 3. The van der Waals surface area contributed by atoms with Gasteiger partial charge in [-0.2, -0.15) is 0 Å². The molecule has 0 aliphatic heterocycles. The van der Waals surface area contributed by atoms with Crippen molar-refractivity contribution in [2.45, 2.75) is 6.54 Å². The van der Waals surface area contributed by atoms with Crippen molar-refractivity contribution < 1.29 is 13.9 Å². The summed E-state index contributed by atoms with van der Waals surface area (Å²) in [4.78, 5) is 15.9. The van der Waals surface area contributed by atoms with Crippen LogP contribution in [0.5, 0.6) is 11.5 Å². The maximum atomic E-state index is 13.5. The van der Waals surface area contributed by atoms with Gasteiger partial charge in [-0.15, -0.1) is 0 Å². The van der Waals surface area contributed by atoms with Crippen LogP contribution in [-0.4, -0.2) is 10.9 Å². The molecule has 5 heteroatoms. The fraction of sp³-hybridized carbons (Fsp3) is 0.0526. The van der Waals surface area contributed by atoms with Crippen molar-refractivity contribution in [1.82, 2.24) is 10.3 Å². The lowest BCUT2D eigenvalue weighted by Crippen LogP contribution is -2.22. The third-order valence-corrected chi connectivity index (χ3v) is 3.36. The van der Waals surface area contributed by atoms with E-state index in [-0.39, 0.29) is 11.7 Å². The summed E-state index contributed by atoms with van der Waals surface area (Å²) in [5.74, 6) is 0.109. The van der Waals surface area contributed by atoms with Crippen LogP contribution < -0.4 is 10.1 Å². The minimum absolute atomic E-state index is 0.176. The molecular formula is C19H15FN2O2. The Balaban J connectivity index is 1.59. The smallest absolute Gasteiger partial charge is 0.253 e. The van der Waals surface area contributed by atoms with Crippen molar-refractivity contribution in [3.63, 3.8) is 0 Å². The Kier molecular flexibility index (Phi) is 4.81. The van der Waals surface area contributed by atoms with Crippen molar-refractivity contribution in [2.24, 2.45) is 0 Å². The number of pyridine rings is 1. The third kappa shape index (κ3) is 3.95. The maximum Gasteiger partial charge on any atom is 0.253 e. The highest BCUT2D eigenvalue weighted by Crippen LogP contribution is 2.24. The zero-order valence-corrected chi connectivity index (χ0v) is 12.8. The molecule has 0 saturated heterocycles. The maximum absolute atomic E-state index is 13.5.